The van der Waals surface area contributed by atoms with Gasteiger partial charge in [0.05, 0.1) is 29.4 Å². The van der Waals surface area contributed by atoms with Crippen molar-refractivity contribution in [1.29, 1.82) is 0 Å². The molecule has 2 aromatic rings. The summed E-state index contributed by atoms with van der Waals surface area (Å²) in [6.45, 7) is 0. The first kappa shape index (κ1) is 21.8. The number of nitrogens with one attached hydrogen (secondary N) is 1. The Balaban J connectivity index is 1.52. The molecule has 3 aliphatic rings. The van der Waals surface area contributed by atoms with E-state index in [-0.39, 0.29) is 23.4 Å². The van der Waals surface area contributed by atoms with E-state index >= 15 is 0 Å². The number of aliphatic hydroxyl groups is 1. The number of carbonyl (C=O) groups is 2. The summed E-state index contributed by atoms with van der Waals surface area (Å²) in [5.41, 5.74) is 3.77. The Morgan fingerprint density at radius 1 is 0.909 bits per heavy atom. The van der Waals surface area contributed by atoms with Crippen LogP contribution in [0.1, 0.15) is 32.1 Å². The number of carbonyl (C=O) groups excluding carboxylic acids is 2. The first-order valence-electron chi connectivity index (χ1n) is 11.6. The van der Waals surface area contributed by atoms with E-state index < -0.39 is 29.9 Å². The number of hydrogen-bond acceptors (Lipinski definition) is 5. The zero-order valence-electron chi connectivity index (χ0n) is 18.3. The van der Waals surface area contributed by atoms with Gasteiger partial charge in [0, 0.05) is 0 Å². The topological polar surface area (TPSA) is 72.9 Å². The third kappa shape index (κ3) is 3.96. The van der Waals surface area contributed by atoms with Gasteiger partial charge >= 0.3 is 0 Å². The van der Waals surface area contributed by atoms with E-state index in [9.17, 15) is 19.1 Å². The maximum atomic E-state index is 14.6. The van der Waals surface area contributed by atoms with E-state index in [4.69, 9.17) is 0 Å². The Kier molecular flexibility index (Phi) is 6.00. The normalized spacial score (nSPS) is 27.0. The van der Waals surface area contributed by atoms with Crippen LogP contribution in [0.5, 0.6) is 0 Å². The molecule has 2 amide bonds. The van der Waals surface area contributed by atoms with Crippen molar-refractivity contribution in [3.8, 4) is 0 Å². The van der Waals surface area contributed by atoms with Crippen LogP contribution in [0.4, 0.5) is 15.8 Å². The van der Waals surface area contributed by atoms with Gasteiger partial charge in [-0.3, -0.25) is 9.59 Å². The number of halogens is 1. The molecule has 172 valence electrons. The van der Waals surface area contributed by atoms with Gasteiger partial charge in [-0.15, -0.1) is 0 Å². The van der Waals surface area contributed by atoms with E-state index in [0.29, 0.717) is 5.69 Å². The molecule has 0 spiro atoms. The van der Waals surface area contributed by atoms with Crippen LogP contribution in [0.25, 0.3) is 0 Å². The monoisotopic (exact) mass is 449 g/mol. The Bertz CT molecular complexity index is 1050. The van der Waals surface area contributed by atoms with E-state index in [2.05, 4.69) is 5.43 Å². The second kappa shape index (κ2) is 9.08. The van der Waals surface area contributed by atoms with Gasteiger partial charge in [0.2, 0.25) is 5.91 Å². The molecule has 1 aliphatic carbocycles. The smallest absolute Gasteiger partial charge is 0.254 e. The second-order valence-electron chi connectivity index (χ2n) is 9.08. The van der Waals surface area contributed by atoms with Crippen LogP contribution in [0.15, 0.2) is 66.7 Å². The summed E-state index contributed by atoms with van der Waals surface area (Å²) in [6, 6.07) is 13.6. The Labute approximate surface area is 192 Å². The van der Waals surface area contributed by atoms with Crippen LogP contribution in [0.3, 0.4) is 0 Å². The molecule has 33 heavy (non-hydrogen) atoms. The lowest BCUT2D eigenvalue weighted by Crippen LogP contribution is -2.58. The van der Waals surface area contributed by atoms with Crippen molar-refractivity contribution < 1.29 is 19.1 Å². The average Bonchev–Trinajstić information content (AvgIpc) is 3.11. The average molecular weight is 450 g/mol. The third-order valence-corrected chi connectivity index (χ3v) is 7.08. The fourth-order valence-corrected chi connectivity index (χ4v) is 5.37. The van der Waals surface area contributed by atoms with Crippen LogP contribution in [-0.4, -0.2) is 40.1 Å². The summed E-state index contributed by atoms with van der Waals surface area (Å²) in [7, 11) is 0. The molecule has 7 heteroatoms. The predicted molar refractivity (Wildman–Crippen MR) is 124 cm³/mol. The zero-order valence-corrected chi connectivity index (χ0v) is 18.3. The van der Waals surface area contributed by atoms with Gasteiger partial charge < -0.3 is 10.5 Å². The molecule has 6 nitrogen and oxygen atoms in total. The van der Waals surface area contributed by atoms with Gasteiger partial charge in [-0.1, -0.05) is 61.7 Å². The molecule has 2 heterocycles. The summed E-state index contributed by atoms with van der Waals surface area (Å²) < 4.78 is 14.6. The van der Waals surface area contributed by atoms with Crippen molar-refractivity contribution in [2.75, 3.05) is 10.3 Å². The standard InChI is InChI=1S/C26H28FN3O3/c27-20-13-7-8-14-21(20)28-30-22(24(31)17-9-3-1-4-10-17)16-15-19-23(30)26(33)29(25(19)32)18-11-5-2-6-12-18/h2,5-8,11-17,19,22-24,28,31H,1,3-4,9-10H2. The third-order valence-electron chi connectivity index (χ3n) is 7.08. The van der Waals surface area contributed by atoms with Crippen LogP contribution in [-0.2, 0) is 9.59 Å². The highest BCUT2D eigenvalue weighted by molar-refractivity contribution is 6.24. The molecule has 4 unspecified atom stereocenters. The molecule has 5 rings (SSSR count). The Morgan fingerprint density at radius 3 is 2.33 bits per heavy atom. The van der Waals surface area contributed by atoms with E-state index in [1.165, 1.54) is 11.0 Å². The van der Waals surface area contributed by atoms with Crippen LogP contribution in [0.2, 0.25) is 0 Å². The van der Waals surface area contributed by atoms with Crippen LogP contribution < -0.4 is 10.3 Å². The maximum Gasteiger partial charge on any atom is 0.254 e. The number of benzene rings is 2. The molecule has 2 N–H and O–H groups in total. The number of hydrazine groups is 1. The van der Waals surface area contributed by atoms with Gasteiger partial charge in [0.15, 0.2) is 0 Å². The summed E-state index contributed by atoms with van der Waals surface area (Å²) >= 11 is 0. The largest absolute Gasteiger partial charge is 0.391 e. The molecular formula is C26H28FN3O3. The van der Waals surface area contributed by atoms with Crippen molar-refractivity contribution in [3.63, 3.8) is 0 Å². The second-order valence-corrected chi connectivity index (χ2v) is 9.08. The van der Waals surface area contributed by atoms with Gasteiger partial charge in [0.1, 0.15) is 11.9 Å². The molecular weight excluding hydrogens is 421 g/mol. The number of fused-ring (bicyclic) bond motifs is 1. The maximum absolute atomic E-state index is 14.6. The highest BCUT2D eigenvalue weighted by Crippen LogP contribution is 2.38. The number of hydrogen-bond donors (Lipinski definition) is 2. The molecule has 2 aliphatic heterocycles. The summed E-state index contributed by atoms with van der Waals surface area (Å²) in [5.74, 6) is -1.80. The van der Waals surface area contributed by atoms with Crippen molar-refractivity contribution in [2.24, 2.45) is 11.8 Å². The van der Waals surface area contributed by atoms with Gasteiger partial charge in [-0.05, 0) is 43.0 Å². The number of rotatable bonds is 5. The van der Waals surface area contributed by atoms with Crippen molar-refractivity contribution >= 4 is 23.2 Å². The summed E-state index contributed by atoms with van der Waals surface area (Å²) in [6.07, 6.45) is 7.90. The minimum atomic E-state index is -0.884. The highest BCUT2D eigenvalue weighted by atomic mass is 19.1. The van der Waals surface area contributed by atoms with E-state index in [1.54, 1.807) is 59.6 Å². The number of para-hydroxylation sites is 2. The molecule has 2 fully saturated rings. The van der Waals surface area contributed by atoms with Crippen molar-refractivity contribution in [3.05, 3.63) is 72.6 Å². The van der Waals surface area contributed by atoms with E-state index in [1.807, 2.05) is 6.07 Å². The number of amides is 2. The van der Waals surface area contributed by atoms with Crippen molar-refractivity contribution in [1.82, 2.24) is 5.01 Å². The first-order chi connectivity index (χ1) is 16.1. The minimum absolute atomic E-state index is 0.0901. The first-order valence-corrected chi connectivity index (χ1v) is 11.6. The minimum Gasteiger partial charge on any atom is -0.391 e. The van der Waals surface area contributed by atoms with Gasteiger partial charge in [0.25, 0.3) is 5.91 Å². The number of anilines is 2. The molecule has 4 atom stereocenters. The predicted octanol–water partition coefficient (Wildman–Crippen LogP) is 3.89. The Hall–Kier alpha value is -3.03. The lowest BCUT2D eigenvalue weighted by atomic mass is 9.80. The van der Waals surface area contributed by atoms with E-state index in [0.717, 1.165) is 32.1 Å². The molecule has 1 saturated carbocycles. The SMILES string of the molecule is O=C1C2C=CC(C(O)C3CCCCC3)N(Nc3ccccc3F)C2C(=O)N1c1ccccc1. The van der Waals surface area contributed by atoms with Crippen molar-refractivity contribution in [2.45, 2.75) is 50.3 Å². The molecule has 0 bridgehead atoms. The van der Waals surface area contributed by atoms with Gasteiger partial charge in [-0.2, -0.15) is 0 Å². The summed E-state index contributed by atoms with van der Waals surface area (Å²) in [5, 5.41) is 12.9. The molecule has 0 radical (unpaired) electrons. The fourth-order valence-electron chi connectivity index (χ4n) is 5.37. The number of aliphatic hydroxyl groups excluding tert-OH is 1. The molecule has 2 aromatic carbocycles. The molecule has 1 saturated heterocycles. The highest BCUT2D eigenvalue weighted by Gasteiger charge is 2.54. The van der Waals surface area contributed by atoms with Gasteiger partial charge in [-0.25, -0.2) is 14.3 Å². The lowest BCUT2D eigenvalue weighted by Gasteiger charge is -2.43. The van der Waals surface area contributed by atoms with Crippen LogP contribution in [0, 0.1) is 17.7 Å². The van der Waals surface area contributed by atoms with Crippen LogP contribution >= 0.6 is 0 Å². The summed E-state index contributed by atoms with van der Waals surface area (Å²) in [4.78, 5) is 28.1. The quantitative estimate of drug-likeness (QED) is 0.535. The fraction of sp³-hybridized carbons (Fsp3) is 0.385. The number of imide groups is 1. The molecule has 0 aromatic heterocycles. The number of nitrogens with zero attached hydrogens (tertiary/aromatic N) is 2. The Morgan fingerprint density at radius 2 is 1.61 bits per heavy atom. The zero-order chi connectivity index (χ0) is 22.9. The lowest BCUT2D eigenvalue weighted by molar-refractivity contribution is -0.123.